The van der Waals surface area contributed by atoms with Crippen LogP contribution in [0.1, 0.15) is 29.8 Å². The summed E-state index contributed by atoms with van der Waals surface area (Å²) in [7, 11) is 0. The lowest BCUT2D eigenvalue weighted by Crippen LogP contribution is -2.21. The first-order chi connectivity index (χ1) is 11.0. The van der Waals surface area contributed by atoms with Crippen LogP contribution in [0.3, 0.4) is 0 Å². The fourth-order valence-electron chi connectivity index (χ4n) is 2.32. The van der Waals surface area contributed by atoms with Gasteiger partial charge in [0.25, 0.3) is 0 Å². The summed E-state index contributed by atoms with van der Waals surface area (Å²) < 4.78 is 0.734. The third-order valence-electron chi connectivity index (χ3n) is 3.66. The number of nitrogens with zero attached hydrogens (tertiary/aromatic N) is 2. The lowest BCUT2D eigenvalue weighted by Gasteiger charge is -2.20. The van der Waals surface area contributed by atoms with Gasteiger partial charge >= 0.3 is 5.97 Å². The highest BCUT2D eigenvalue weighted by molar-refractivity contribution is 5.87. The third-order valence-corrected chi connectivity index (χ3v) is 3.66. The first-order valence-corrected chi connectivity index (χ1v) is 7.54. The molecule has 0 amide bonds. The molecule has 5 nitrogen and oxygen atoms in total. The van der Waals surface area contributed by atoms with Crippen molar-refractivity contribution in [3.05, 3.63) is 64.9 Å². The lowest BCUT2D eigenvalue weighted by molar-refractivity contribution is -0.354. The monoisotopic (exact) mass is 312 g/mol. The number of carboxylic acids is 1. The molecule has 0 fully saturated rings. The van der Waals surface area contributed by atoms with Crippen molar-refractivity contribution in [2.45, 2.75) is 13.8 Å². The molecule has 0 unspecified atom stereocenters. The van der Waals surface area contributed by atoms with E-state index in [0.29, 0.717) is 5.69 Å². The lowest BCUT2D eigenvalue weighted by atomic mass is 10.2. The maximum absolute atomic E-state index is 12.1. The Bertz CT molecular complexity index is 687. The number of hydrogen-bond acceptors (Lipinski definition) is 3. The standard InChI is InChI=1S/C18H20N2O3/c1-3-19(4-2)16-9-5-14(6-10-16)13-20(23)17-11-7-15(8-12-17)18(21)22/h5-13H,3-4H2,1-2H3,(H,21,22). The molecule has 0 aromatic heterocycles. The minimum atomic E-state index is -1.01. The summed E-state index contributed by atoms with van der Waals surface area (Å²) in [6.45, 7) is 6.07. The quantitative estimate of drug-likeness (QED) is 0.384. The zero-order chi connectivity index (χ0) is 16.8. The first-order valence-electron chi connectivity index (χ1n) is 7.54. The van der Waals surface area contributed by atoms with Gasteiger partial charge in [-0.25, -0.2) is 4.79 Å². The predicted octanol–water partition coefficient (Wildman–Crippen LogP) is 3.49. The molecule has 120 valence electrons. The van der Waals surface area contributed by atoms with Gasteiger partial charge in [-0.1, -0.05) is 0 Å². The number of anilines is 1. The molecule has 0 heterocycles. The van der Waals surface area contributed by atoms with E-state index >= 15 is 0 Å². The summed E-state index contributed by atoms with van der Waals surface area (Å²) in [5.41, 5.74) is 2.46. The average Bonchev–Trinajstić information content (AvgIpc) is 2.57. The molecule has 0 aliphatic rings. The molecule has 23 heavy (non-hydrogen) atoms. The fraction of sp³-hybridized carbons (Fsp3) is 0.222. The molecule has 2 aromatic rings. The summed E-state index contributed by atoms with van der Waals surface area (Å²) in [5.74, 6) is -1.01. The van der Waals surface area contributed by atoms with Crippen LogP contribution in [0.25, 0.3) is 0 Å². The predicted molar refractivity (Wildman–Crippen MR) is 91.9 cm³/mol. The maximum atomic E-state index is 12.1. The Balaban J connectivity index is 2.18. The number of carbonyl (C=O) groups is 1. The van der Waals surface area contributed by atoms with Gasteiger partial charge in [0.15, 0.2) is 6.21 Å². The Kier molecular flexibility index (Phi) is 5.36. The van der Waals surface area contributed by atoms with E-state index in [1.807, 2.05) is 24.3 Å². The summed E-state index contributed by atoms with van der Waals surface area (Å²) >= 11 is 0. The molecule has 0 saturated heterocycles. The van der Waals surface area contributed by atoms with Gasteiger partial charge in [-0.2, -0.15) is 4.74 Å². The van der Waals surface area contributed by atoms with Crippen molar-refractivity contribution in [1.29, 1.82) is 0 Å². The van der Waals surface area contributed by atoms with Crippen molar-refractivity contribution >= 4 is 23.6 Å². The van der Waals surface area contributed by atoms with Crippen LogP contribution >= 0.6 is 0 Å². The molecular weight excluding hydrogens is 292 g/mol. The van der Waals surface area contributed by atoms with E-state index in [1.165, 1.54) is 30.5 Å². The van der Waals surface area contributed by atoms with Gasteiger partial charge in [-0.15, -0.1) is 0 Å². The van der Waals surface area contributed by atoms with Gasteiger partial charge in [0.1, 0.15) is 0 Å². The van der Waals surface area contributed by atoms with Crippen LogP contribution in [0.4, 0.5) is 11.4 Å². The molecule has 1 N–H and O–H groups in total. The fourth-order valence-corrected chi connectivity index (χ4v) is 2.32. The van der Waals surface area contributed by atoms with Gasteiger partial charge in [-0.05, 0) is 50.2 Å². The van der Waals surface area contributed by atoms with Gasteiger partial charge in [0, 0.05) is 36.5 Å². The Morgan fingerprint density at radius 2 is 1.65 bits per heavy atom. The van der Waals surface area contributed by atoms with Gasteiger partial charge < -0.3 is 15.2 Å². The van der Waals surface area contributed by atoms with Crippen LogP contribution in [0, 0.1) is 5.21 Å². The van der Waals surface area contributed by atoms with Crippen molar-refractivity contribution in [3.63, 3.8) is 0 Å². The molecule has 0 bridgehead atoms. The van der Waals surface area contributed by atoms with E-state index in [2.05, 4.69) is 18.7 Å². The smallest absolute Gasteiger partial charge is 0.335 e. The van der Waals surface area contributed by atoms with E-state index in [-0.39, 0.29) is 5.56 Å². The van der Waals surface area contributed by atoms with Gasteiger partial charge in [0.2, 0.25) is 5.69 Å². The van der Waals surface area contributed by atoms with Crippen LogP contribution < -0.4 is 4.90 Å². The minimum Gasteiger partial charge on any atom is -0.618 e. The highest BCUT2D eigenvalue weighted by Gasteiger charge is 2.07. The molecule has 5 heteroatoms. The minimum absolute atomic E-state index is 0.158. The summed E-state index contributed by atoms with van der Waals surface area (Å²) in [4.78, 5) is 13.0. The van der Waals surface area contributed by atoms with Crippen molar-refractivity contribution in [3.8, 4) is 0 Å². The van der Waals surface area contributed by atoms with E-state index in [0.717, 1.165) is 29.1 Å². The number of rotatable bonds is 6. The van der Waals surface area contributed by atoms with Crippen molar-refractivity contribution in [2.24, 2.45) is 0 Å². The van der Waals surface area contributed by atoms with E-state index < -0.39 is 5.97 Å². The molecule has 0 spiro atoms. The Hall–Kier alpha value is -2.82. The SMILES string of the molecule is CCN(CC)c1ccc(C=[N+]([O-])c2ccc(C(=O)O)cc2)cc1. The van der Waals surface area contributed by atoms with Crippen LogP contribution in [-0.4, -0.2) is 35.1 Å². The van der Waals surface area contributed by atoms with Crippen LogP contribution in [0.2, 0.25) is 0 Å². The number of benzene rings is 2. The Morgan fingerprint density at radius 3 is 2.13 bits per heavy atom. The maximum Gasteiger partial charge on any atom is 0.335 e. The second-order valence-corrected chi connectivity index (χ2v) is 5.07. The molecule has 0 radical (unpaired) electrons. The topological polar surface area (TPSA) is 66.6 Å². The number of aromatic carboxylic acids is 1. The molecule has 0 aliphatic heterocycles. The van der Waals surface area contributed by atoms with Crippen LogP contribution in [0.5, 0.6) is 0 Å². The summed E-state index contributed by atoms with van der Waals surface area (Å²) in [5, 5.41) is 21.0. The molecule has 0 aliphatic carbocycles. The molecule has 0 atom stereocenters. The van der Waals surface area contributed by atoms with E-state index in [4.69, 9.17) is 5.11 Å². The van der Waals surface area contributed by atoms with Crippen molar-refractivity contribution < 1.29 is 14.6 Å². The normalized spacial score (nSPS) is 11.3. The Morgan fingerprint density at radius 1 is 1.09 bits per heavy atom. The van der Waals surface area contributed by atoms with Crippen molar-refractivity contribution in [2.75, 3.05) is 18.0 Å². The number of hydrogen-bond donors (Lipinski definition) is 1. The molecular formula is C18H20N2O3. The molecule has 0 saturated carbocycles. The van der Waals surface area contributed by atoms with E-state index in [1.54, 1.807) is 0 Å². The zero-order valence-electron chi connectivity index (χ0n) is 13.3. The largest absolute Gasteiger partial charge is 0.618 e. The van der Waals surface area contributed by atoms with Crippen molar-refractivity contribution in [1.82, 2.24) is 0 Å². The first kappa shape index (κ1) is 16.5. The summed E-state index contributed by atoms with van der Waals surface area (Å²) in [6, 6.07) is 13.6. The number of carboxylic acid groups (broad SMARTS) is 1. The zero-order valence-corrected chi connectivity index (χ0v) is 13.3. The second-order valence-electron chi connectivity index (χ2n) is 5.07. The summed E-state index contributed by atoms with van der Waals surface area (Å²) in [6.07, 6.45) is 1.47. The third kappa shape index (κ3) is 4.10. The van der Waals surface area contributed by atoms with Crippen LogP contribution in [-0.2, 0) is 0 Å². The Labute approximate surface area is 135 Å². The second kappa shape index (κ2) is 7.45. The van der Waals surface area contributed by atoms with Crippen LogP contribution in [0.15, 0.2) is 48.5 Å². The van der Waals surface area contributed by atoms with Gasteiger partial charge in [-0.3, -0.25) is 0 Å². The molecule has 2 rings (SSSR count). The average molecular weight is 312 g/mol. The van der Waals surface area contributed by atoms with E-state index in [9.17, 15) is 10.0 Å². The highest BCUT2D eigenvalue weighted by Crippen LogP contribution is 2.16. The highest BCUT2D eigenvalue weighted by atomic mass is 16.5. The van der Waals surface area contributed by atoms with Gasteiger partial charge in [0.05, 0.1) is 5.56 Å². The molecule has 2 aromatic carbocycles.